The minimum atomic E-state index is -1.43. The third kappa shape index (κ3) is 13.4. The number of hydrogen-bond donors (Lipinski definition) is 11. The van der Waals surface area contributed by atoms with Gasteiger partial charge >= 0.3 is 5.97 Å². The lowest BCUT2D eigenvalue weighted by Gasteiger charge is -2.30. The Morgan fingerprint density at radius 3 is 2.00 bits per heavy atom. The molecule has 3 rings (SSSR count). The maximum Gasteiger partial charge on any atom is 0.327 e. The van der Waals surface area contributed by atoms with E-state index in [1.165, 1.54) is 13.8 Å². The summed E-state index contributed by atoms with van der Waals surface area (Å²) in [6.45, 7) is 3.16. The highest BCUT2D eigenvalue weighted by atomic mass is 32.1. The molecule has 0 fully saturated rings. The van der Waals surface area contributed by atoms with E-state index in [0.29, 0.717) is 11.1 Å². The van der Waals surface area contributed by atoms with Crippen LogP contribution in [0.25, 0.3) is 10.9 Å². The summed E-state index contributed by atoms with van der Waals surface area (Å²) in [7, 11) is 0. The van der Waals surface area contributed by atoms with Gasteiger partial charge in [0.1, 0.15) is 24.2 Å². The number of nitrogens with two attached hydrogens (primary N) is 4. The molecule has 0 spiro atoms. The molecule has 1 aromatic heterocycles. The van der Waals surface area contributed by atoms with Crippen molar-refractivity contribution >= 4 is 65.0 Å². The van der Waals surface area contributed by atoms with Crippen LogP contribution in [0.3, 0.4) is 0 Å². The Morgan fingerprint density at radius 2 is 1.37 bits per heavy atom. The first kappa shape index (κ1) is 42.8. The summed E-state index contributed by atoms with van der Waals surface area (Å²) in [4.78, 5) is 85.4. The van der Waals surface area contributed by atoms with Gasteiger partial charge in [-0.05, 0) is 50.3 Å². The molecule has 0 aliphatic carbocycles. The first-order chi connectivity index (χ1) is 25.5. The quantitative estimate of drug-likeness (QED) is 0.0281. The van der Waals surface area contributed by atoms with Crippen molar-refractivity contribution in [1.29, 1.82) is 0 Å². The van der Waals surface area contributed by atoms with Crippen LogP contribution in [0.4, 0.5) is 0 Å². The summed E-state index contributed by atoms with van der Waals surface area (Å²) >= 11 is 4.36. The Balaban J connectivity index is 1.94. The highest BCUT2D eigenvalue weighted by Crippen LogP contribution is 2.21. The third-order valence-corrected chi connectivity index (χ3v) is 8.76. The summed E-state index contributed by atoms with van der Waals surface area (Å²) in [6, 6.07) is 9.75. The number of para-hydroxylation sites is 1. The van der Waals surface area contributed by atoms with E-state index in [0.717, 1.165) is 10.9 Å². The van der Waals surface area contributed by atoms with Crippen molar-refractivity contribution in [3.63, 3.8) is 0 Å². The van der Waals surface area contributed by atoms with Crippen LogP contribution < -0.4 is 44.2 Å². The number of fused-ring (bicyclic) bond motifs is 1. The molecule has 5 atom stereocenters. The SMILES string of the molecule is CC(C)(S)[C@H](NC(=O)[C@H](Cc1c[nH]c2ccccc12)NC(=O)[C@H](CCCN=C(N)N)NC(=O)[C@@H](Cc1ccccc1)NC(=O)[C@@H](N)CCC(N)=O)C(=O)O. The number of aliphatic imine (C=N–C) groups is 1. The van der Waals surface area contributed by atoms with Crippen molar-refractivity contribution in [3.8, 4) is 0 Å². The Labute approximate surface area is 318 Å². The molecule has 17 nitrogen and oxygen atoms in total. The fraction of sp³-hybridized carbons (Fsp3) is 0.417. The Morgan fingerprint density at radius 1 is 0.796 bits per heavy atom. The van der Waals surface area contributed by atoms with E-state index in [1.807, 2.05) is 24.3 Å². The lowest BCUT2D eigenvalue weighted by molar-refractivity contribution is -0.143. The third-order valence-electron chi connectivity index (χ3n) is 8.50. The molecule has 3 aromatic rings. The van der Waals surface area contributed by atoms with Gasteiger partial charge in [-0.2, -0.15) is 12.6 Å². The molecule has 0 aliphatic heterocycles. The zero-order chi connectivity index (χ0) is 40.0. The number of H-pyrrole nitrogens is 1. The Hall–Kier alpha value is -5.62. The fourth-order valence-electron chi connectivity index (χ4n) is 5.60. The normalized spacial score (nSPS) is 14.1. The van der Waals surface area contributed by atoms with Crippen LogP contribution in [0.1, 0.15) is 50.7 Å². The van der Waals surface area contributed by atoms with Gasteiger partial charge in [0.25, 0.3) is 0 Å². The Bertz CT molecular complexity index is 1810. The lowest BCUT2D eigenvalue weighted by atomic mass is 10.00. The van der Waals surface area contributed by atoms with Gasteiger partial charge < -0.3 is 54.3 Å². The molecule has 54 heavy (non-hydrogen) atoms. The number of carbonyl (C=O) groups excluding carboxylic acids is 5. The molecule has 0 saturated carbocycles. The summed E-state index contributed by atoms with van der Waals surface area (Å²) in [6.07, 6.45) is 1.68. The number of primary amides is 1. The van der Waals surface area contributed by atoms with Crippen molar-refractivity contribution in [2.75, 3.05) is 6.54 Å². The van der Waals surface area contributed by atoms with Gasteiger partial charge in [0.05, 0.1) is 6.04 Å². The number of nitrogens with one attached hydrogen (secondary N) is 5. The molecule has 0 unspecified atom stereocenters. The first-order valence-electron chi connectivity index (χ1n) is 17.3. The molecule has 0 saturated heterocycles. The van der Waals surface area contributed by atoms with Gasteiger partial charge in [-0.15, -0.1) is 0 Å². The van der Waals surface area contributed by atoms with E-state index in [2.05, 4.69) is 43.9 Å². The number of rotatable bonds is 21. The number of benzene rings is 2. The number of carbonyl (C=O) groups is 6. The van der Waals surface area contributed by atoms with Crippen LogP contribution in [0, 0.1) is 0 Å². The molecule has 1 heterocycles. The molecule has 18 heteroatoms. The zero-order valence-electron chi connectivity index (χ0n) is 30.2. The molecule has 5 amide bonds. The van der Waals surface area contributed by atoms with Crippen molar-refractivity contribution in [2.24, 2.45) is 27.9 Å². The maximum atomic E-state index is 14.1. The molecular weight excluding hydrogens is 717 g/mol. The number of aliphatic carboxylic acids is 1. The van der Waals surface area contributed by atoms with Gasteiger partial charge in [0.15, 0.2) is 5.96 Å². The standard InChI is InChI=1S/C36H50N10O7S/c1-36(2,54)29(34(52)53)46-33(51)27(18-21-19-42-24-12-7-6-11-22(21)24)45-31(49)25(13-8-16-41-35(39)40)43-32(50)26(17-20-9-4-3-5-10-20)44-30(48)23(37)14-15-28(38)47/h3-7,9-12,19,23,25-27,29,42,54H,8,13-18,37H2,1-2H3,(H2,38,47)(H,43,50)(H,44,48)(H,45,49)(H,46,51)(H,52,53)(H4,39,40,41)/t23-,25-,26+,27-,29+/m0/s1. The predicted octanol–water partition coefficient (Wildman–Crippen LogP) is -0.668. The van der Waals surface area contributed by atoms with E-state index in [4.69, 9.17) is 22.9 Å². The zero-order valence-corrected chi connectivity index (χ0v) is 31.1. The number of hydrogen-bond acceptors (Lipinski definition) is 9. The fourth-order valence-corrected chi connectivity index (χ4v) is 5.77. The first-order valence-corrected chi connectivity index (χ1v) is 17.8. The van der Waals surface area contributed by atoms with Gasteiger partial charge in [-0.1, -0.05) is 48.5 Å². The summed E-state index contributed by atoms with van der Waals surface area (Å²) in [5.41, 5.74) is 24.3. The number of carboxylic acids is 1. The highest BCUT2D eigenvalue weighted by Gasteiger charge is 2.37. The molecule has 2 aromatic carbocycles. The van der Waals surface area contributed by atoms with Crippen LogP contribution >= 0.6 is 12.6 Å². The molecule has 14 N–H and O–H groups in total. The van der Waals surface area contributed by atoms with Crippen LogP contribution in [0.15, 0.2) is 65.8 Å². The maximum absolute atomic E-state index is 14.1. The average molecular weight is 767 g/mol. The van der Waals surface area contributed by atoms with Crippen LogP contribution in [-0.2, 0) is 41.6 Å². The monoisotopic (exact) mass is 766 g/mol. The van der Waals surface area contributed by atoms with E-state index in [-0.39, 0.29) is 51.0 Å². The summed E-state index contributed by atoms with van der Waals surface area (Å²) < 4.78 is -1.18. The average Bonchev–Trinajstić information content (AvgIpc) is 3.52. The second kappa shape index (κ2) is 20.0. The van der Waals surface area contributed by atoms with Crippen molar-refractivity contribution in [3.05, 3.63) is 71.9 Å². The minimum absolute atomic E-state index is 0.00132. The number of carboxylic acid groups (broad SMARTS) is 1. The number of thiol groups is 1. The molecular formula is C36H50N10O7S. The van der Waals surface area contributed by atoms with Crippen molar-refractivity contribution in [2.45, 2.75) is 87.3 Å². The van der Waals surface area contributed by atoms with Crippen molar-refractivity contribution < 1.29 is 33.9 Å². The van der Waals surface area contributed by atoms with Crippen LogP contribution in [0.2, 0.25) is 0 Å². The second-order valence-electron chi connectivity index (χ2n) is 13.4. The second-order valence-corrected chi connectivity index (χ2v) is 14.6. The Kier molecular flexibility index (Phi) is 15.9. The lowest BCUT2D eigenvalue weighted by Crippen LogP contribution is -2.60. The van der Waals surface area contributed by atoms with E-state index >= 15 is 0 Å². The highest BCUT2D eigenvalue weighted by molar-refractivity contribution is 7.81. The summed E-state index contributed by atoms with van der Waals surface area (Å²) in [5, 5.41) is 21.2. The van der Waals surface area contributed by atoms with Gasteiger partial charge in [0, 0.05) is 47.7 Å². The van der Waals surface area contributed by atoms with Gasteiger partial charge in [-0.25, -0.2) is 4.79 Å². The summed E-state index contributed by atoms with van der Waals surface area (Å²) in [5.74, 6) is -5.16. The number of aromatic amines is 1. The number of nitrogens with zero attached hydrogens (tertiary/aromatic N) is 1. The topological polar surface area (TPSA) is 303 Å². The number of aromatic nitrogens is 1. The minimum Gasteiger partial charge on any atom is -0.480 e. The van der Waals surface area contributed by atoms with Crippen LogP contribution in [0.5, 0.6) is 0 Å². The smallest absolute Gasteiger partial charge is 0.327 e. The predicted molar refractivity (Wildman–Crippen MR) is 207 cm³/mol. The van der Waals surface area contributed by atoms with E-state index in [9.17, 15) is 33.9 Å². The number of guanidine groups is 1. The molecule has 0 bridgehead atoms. The van der Waals surface area contributed by atoms with Crippen molar-refractivity contribution in [1.82, 2.24) is 26.3 Å². The molecule has 292 valence electrons. The van der Waals surface area contributed by atoms with Gasteiger partial charge in [0.2, 0.25) is 29.5 Å². The molecule has 0 aliphatic rings. The van der Waals surface area contributed by atoms with Gasteiger partial charge in [-0.3, -0.25) is 29.0 Å². The number of amides is 5. The van der Waals surface area contributed by atoms with Crippen LogP contribution in [-0.4, -0.2) is 93.1 Å². The largest absolute Gasteiger partial charge is 0.480 e. The van der Waals surface area contributed by atoms with E-state index < -0.39 is 70.5 Å². The van der Waals surface area contributed by atoms with E-state index in [1.54, 1.807) is 36.5 Å². The molecule has 0 radical (unpaired) electrons.